The Morgan fingerprint density at radius 3 is 2.70 bits per heavy atom. The zero-order valence-electron chi connectivity index (χ0n) is 13.9. The summed E-state index contributed by atoms with van der Waals surface area (Å²) in [6, 6.07) is 11.6. The van der Waals surface area contributed by atoms with E-state index in [1.807, 2.05) is 12.3 Å². The first-order valence-electron chi connectivity index (χ1n) is 8.19. The maximum Gasteiger partial charge on any atom is 0.0634 e. The van der Waals surface area contributed by atoms with E-state index in [1.54, 1.807) is 6.20 Å². The molecule has 3 rings (SSSR count). The molecule has 0 amide bonds. The standard InChI is InChI=1S/C19H24ClN3/c1-22(2)13-15-5-7-16(8-6-15)19-4-3-11-23(19)14-17-9-10-21-12-18(17)20/h5-10,12,19H,3-4,11,13-14H2,1-2H3/t19-/m1/s1. The van der Waals surface area contributed by atoms with E-state index in [1.165, 1.54) is 24.0 Å². The number of halogens is 1. The van der Waals surface area contributed by atoms with Gasteiger partial charge in [0.2, 0.25) is 0 Å². The normalized spacial score (nSPS) is 18.7. The van der Waals surface area contributed by atoms with Crippen molar-refractivity contribution in [1.82, 2.24) is 14.8 Å². The first kappa shape index (κ1) is 16.4. The van der Waals surface area contributed by atoms with Crippen LogP contribution in [0.25, 0.3) is 0 Å². The third-order valence-corrected chi connectivity index (χ3v) is 4.80. The van der Waals surface area contributed by atoms with Gasteiger partial charge in [-0.2, -0.15) is 0 Å². The molecule has 3 nitrogen and oxygen atoms in total. The van der Waals surface area contributed by atoms with E-state index in [2.05, 4.69) is 53.1 Å². The van der Waals surface area contributed by atoms with E-state index in [0.29, 0.717) is 6.04 Å². The summed E-state index contributed by atoms with van der Waals surface area (Å²) in [5, 5.41) is 0.763. The smallest absolute Gasteiger partial charge is 0.0634 e. The van der Waals surface area contributed by atoms with Gasteiger partial charge in [-0.25, -0.2) is 0 Å². The topological polar surface area (TPSA) is 19.4 Å². The molecule has 0 saturated carbocycles. The predicted molar refractivity (Wildman–Crippen MR) is 95.5 cm³/mol. The molecule has 0 bridgehead atoms. The van der Waals surface area contributed by atoms with Crippen molar-refractivity contribution < 1.29 is 0 Å². The number of aromatic nitrogens is 1. The second-order valence-electron chi connectivity index (χ2n) is 6.57. The van der Waals surface area contributed by atoms with Crippen LogP contribution in [0.2, 0.25) is 5.02 Å². The van der Waals surface area contributed by atoms with Crippen LogP contribution in [-0.4, -0.2) is 35.4 Å². The van der Waals surface area contributed by atoms with Crippen LogP contribution < -0.4 is 0 Å². The van der Waals surface area contributed by atoms with E-state index in [4.69, 9.17) is 11.6 Å². The lowest BCUT2D eigenvalue weighted by atomic mass is 10.0. The first-order chi connectivity index (χ1) is 11.1. The lowest BCUT2D eigenvalue weighted by Crippen LogP contribution is -2.23. The molecule has 0 radical (unpaired) electrons. The Labute approximate surface area is 143 Å². The second kappa shape index (κ2) is 7.43. The Balaban J connectivity index is 1.72. The molecular weight excluding hydrogens is 306 g/mol. The summed E-state index contributed by atoms with van der Waals surface area (Å²) < 4.78 is 0. The monoisotopic (exact) mass is 329 g/mol. The van der Waals surface area contributed by atoms with E-state index >= 15 is 0 Å². The molecular formula is C19H24ClN3. The number of hydrogen-bond acceptors (Lipinski definition) is 3. The molecule has 122 valence electrons. The molecule has 0 N–H and O–H groups in total. The largest absolute Gasteiger partial charge is 0.305 e. The fourth-order valence-corrected chi connectivity index (χ4v) is 3.53. The number of benzene rings is 1. The molecule has 0 spiro atoms. The van der Waals surface area contributed by atoms with E-state index in [-0.39, 0.29) is 0 Å². The molecule has 1 aliphatic rings. The number of hydrogen-bond donors (Lipinski definition) is 0. The van der Waals surface area contributed by atoms with Gasteiger partial charge < -0.3 is 4.90 Å². The summed E-state index contributed by atoms with van der Waals surface area (Å²) in [6.45, 7) is 3.01. The third kappa shape index (κ3) is 4.11. The number of nitrogens with zero attached hydrogens (tertiary/aromatic N) is 3. The number of rotatable bonds is 5. The summed E-state index contributed by atoms with van der Waals surface area (Å²) >= 11 is 6.27. The molecule has 23 heavy (non-hydrogen) atoms. The fourth-order valence-electron chi connectivity index (χ4n) is 3.35. The zero-order valence-corrected chi connectivity index (χ0v) is 14.6. The average Bonchev–Trinajstić information content (AvgIpc) is 2.98. The molecule has 2 aromatic rings. The Bertz CT molecular complexity index is 639. The molecule has 4 heteroatoms. The quantitative estimate of drug-likeness (QED) is 0.822. The Morgan fingerprint density at radius 2 is 2.00 bits per heavy atom. The van der Waals surface area contributed by atoms with Crippen molar-refractivity contribution in [3.8, 4) is 0 Å². The maximum absolute atomic E-state index is 6.27. The van der Waals surface area contributed by atoms with Crippen molar-refractivity contribution >= 4 is 11.6 Å². The average molecular weight is 330 g/mol. The fraction of sp³-hybridized carbons (Fsp3) is 0.421. The number of pyridine rings is 1. The zero-order chi connectivity index (χ0) is 16.2. The highest BCUT2D eigenvalue weighted by Crippen LogP contribution is 2.34. The molecule has 1 aromatic carbocycles. The molecule has 1 saturated heterocycles. The van der Waals surface area contributed by atoms with Crippen LogP contribution in [0.4, 0.5) is 0 Å². The summed E-state index contributed by atoms with van der Waals surface area (Å²) in [5.41, 5.74) is 3.94. The van der Waals surface area contributed by atoms with Gasteiger partial charge in [-0.15, -0.1) is 0 Å². The minimum absolute atomic E-state index is 0.493. The molecule has 1 aliphatic heterocycles. The van der Waals surface area contributed by atoms with Gasteiger partial charge in [-0.1, -0.05) is 35.9 Å². The highest BCUT2D eigenvalue weighted by molar-refractivity contribution is 6.31. The third-order valence-electron chi connectivity index (χ3n) is 4.46. The summed E-state index contributed by atoms with van der Waals surface area (Å²) in [7, 11) is 4.20. The highest BCUT2D eigenvalue weighted by Gasteiger charge is 2.26. The molecule has 1 fully saturated rings. The van der Waals surface area contributed by atoms with Gasteiger partial charge in [0.15, 0.2) is 0 Å². The van der Waals surface area contributed by atoms with Crippen LogP contribution in [0.1, 0.15) is 35.6 Å². The lowest BCUT2D eigenvalue weighted by Gasteiger charge is -2.25. The van der Waals surface area contributed by atoms with Crippen molar-refractivity contribution in [3.63, 3.8) is 0 Å². The van der Waals surface area contributed by atoms with E-state index in [9.17, 15) is 0 Å². The van der Waals surface area contributed by atoms with Crippen LogP contribution in [0, 0.1) is 0 Å². The molecule has 1 aromatic heterocycles. The maximum atomic E-state index is 6.27. The predicted octanol–water partition coefficient (Wildman–Crippen LogP) is 4.13. The molecule has 1 atom stereocenters. The van der Waals surface area contributed by atoms with Crippen LogP contribution in [0.15, 0.2) is 42.7 Å². The van der Waals surface area contributed by atoms with E-state index < -0.39 is 0 Å². The summed E-state index contributed by atoms with van der Waals surface area (Å²) in [6.07, 6.45) is 6.02. The summed E-state index contributed by atoms with van der Waals surface area (Å²) in [5.74, 6) is 0. The van der Waals surface area contributed by atoms with Crippen molar-refractivity contribution in [2.24, 2.45) is 0 Å². The summed E-state index contributed by atoms with van der Waals surface area (Å²) in [4.78, 5) is 8.80. The van der Waals surface area contributed by atoms with Gasteiger partial charge in [-0.05, 0) is 56.2 Å². The Kier molecular flexibility index (Phi) is 5.31. The Hall–Kier alpha value is -1.42. The highest BCUT2D eigenvalue weighted by atomic mass is 35.5. The van der Waals surface area contributed by atoms with Crippen molar-refractivity contribution in [1.29, 1.82) is 0 Å². The molecule has 0 unspecified atom stereocenters. The second-order valence-corrected chi connectivity index (χ2v) is 6.98. The molecule has 0 aliphatic carbocycles. The van der Waals surface area contributed by atoms with Crippen LogP contribution in [0.5, 0.6) is 0 Å². The van der Waals surface area contributed by atoms with Gasteiger partial charge in [0.25, 0.3) is 0 Å². The van der Waals surface area contributed by atoms with Crippen molar-refractivity contribution in [2.45, 2.75) is 32.0 Å². The van der Waals surface area contributed by atoms with Gasteiger partial charge in [0, 0.05) is 31.5 Å². The van der Waals surface area contributed by atoms with Crippen LogP contribution in [0.3, 0.4) is 0 Å². The van der Waals surface area contributed by atoms with Gasteiger partial charge >= 0.3 is 0 Å². The first-order valence-corrected chi connectivity index (χ1v) is 8.57. The van der Waals surface area contributed by atoms with Crippen molar-refractivity contribution in [2.75, 3.05) is 20.6 Å². The van der Waals surface area contributed by atoms with E-state index in [0.717, 1.165) is 30.2 Å². The van der Waals surface area contributed by atoms with Gasteiger partial charge in [0.05, 0.1) is 5.02 Å². The number of likely N-dealkylation sites (tertiary alicyclic amines) is 1. The molecule has 2 heterocycles. The van der Waals surface area contributed by atoms with Crippen LogP contribution >= 0.6 is 11.6 Å². The SMILES string of the molecule is CN(C)Cc1ccc([C@H]2CCCN2Cc2ccncc2Cl)cc1. The van der Waals surface area contributed by atoms with Gasteiger partial charge in [-0.3, -0.25) is 9.88 Å². The van der Waals surface area contributed by atoms with Gasteiger partial charge in [0.1, 0.15) is 0 Å². The van der Waals surface area contributed by atoms with Crippen LogP contribution in [-0.2, 0) is 13.1 Å². The minimum atomic E-state index is 0.493. The van der Waals surface area contributed by atoms with Crippen molar-refractivity contribution in [3.05, 3.63) is 64.4 Å². The minimum Gasteiger partial charge on any atom is -0.305 e. The Morgan fingerprint density at radius 1 is 1.22 bits per heavy atom. The lowest BCUT2D eigenvalue weighted by molar-refractivity contribution is 0.248.